The van der Waals surface area contributed by atoms with Crippen molar-refractivity contribution in [2.24, 2.45) is 0 Å². The number of nitriles is 1. The largest absolute Gasteiger partial charge is 0.490 e. The first-order valence-corrected chi connectivity index (χ1v) is 12.2. The van der Waals surface area contributed by atoms with Crippen molar-refractivity contribution in [3.63, 3.8) is 0 Å². The van der Waals surface area contributed by atoms with Crippen LogP contribution in [0.25, 0.3) is 0 Å². The molecule has 1 amide bonds. The molecule has 5 rings (SSSR count). The van der Waals surface area contributed by atoms with E-state index in [0.29, 0.717) is 25.7 Å². The lowest BCUT2D eigenvalue weighted by Crippen LogP contribution is -2.55. The molecule has 1 saturated heterocycles. The predicted octanol–water partition coefficient (Wildman–Crippen LogP) is 5.79. The molecule has 194 valence electrons. The summed E-state index contributed by atoms with van der Waals surface area (Å²) >= 11 is 5.52. The quantitative estimate of drug-likeness (QED) is 0.291. The van der Waals surface area contributed by atoms with Gasteiger partial charge in [-0.3, -0.25) is 9.69 Å². The fourth-order valence-corrected chi connectivity index (χ4v) is 5.33. The van der Waals surface area contributed by atoms with Gasteiger partial charge in [0.25, 0.3) is 5.91 Å². The molecule has 1 aromatic heterocycles. The van der Waals surface area contributed by atoms with Crippen LogP contribution < -0.4 is 14.5 Å². The van der Waals surface area contributed by atoms with Gasteiger partial charge in [-0.1, -0.05) is 30.3 Å². The van der Waals surface area contributed by atoms with Gasteiger partial charge in [-0.25, -0.2) is 9.37 Å². The van der Waals surface area contributed by atoms with Gasteiger partial charge >= 0.3 is 6.18 Å². The van der Waals surface area contributed by atoms with Crippen LogP contribution in [0.3, 0.4) is 0 Å². The lowest BCUT2D eigenvalue weighted by Gasteiger charge is -2.43. The normalized spacial score (nSPS) is 16.5. The van der Waals surface area contributed by atoms with Crippen molar-refractivity contribution in [3.8, 4) is 11.8 Å². The number of ether oxygens (including phenoxy) is 1. The third-order valence-electron chi connectivity index (χ3n) is 6.82. The number of aromatic nitrogens is 1. The lowest BCUT2D eigenvalue weighted by molar-refractivity contribution is -0.137. The molecule has 1 aliphatic heterocycles. The average Bonchev–Trinajstić information content (AvgIpc) is 3.11. The number of rotatable bonds is 6. The number of amides is 1. The third-order valence-corrected chi connectivity index (χ3v) is 7.18. The monoisotopic (exact) mass is 540 g/mol. The summed E-state index contributed by atoms with van der Waals surface area (Å²) in [6, 6.07) is 16.1. The van der Waals surface area contributed by atoms with Crippen LogP contribution in [-0.4, -0.2) is 28.1 Å². The summed E-state index contributed by atoms with van der Waals surface area (Å²) in [5, 5.41) is 9.01. The van der Waals surface area contributed by atoms with E-state index < -0.39 is 40.4 Å². The van der Waals surface area contributed by atoms with E-state index in [1.54, 1.807) is 0 Å². The molecule has 0 atom stereocenters. The maximum atomic E-state index is 15.1. The van der Waals surface area contributed by atoms with Gasteiger partial charge < -0.3 is 9.64 Å². The average molecular weight is 541 g/mol. The minimum atomic E-state index is -4.96. The summed E-state index contributed by atoms with van der Waals surface area (Å²) in [6.07, 6.45) is -2.06. The fraction of sp³-hybridized carbons (Fsp3) is 0.259. The molecule has 1 aliphatic carbocycles. The number of thiocarbonyl (C=S) groups is 1. The van der Waals surface area contributed by atoms with E-state index >= 15 is 4.39 Å². The van der Waals surface area contributed by atoms with Gasteiger partial charge in [-0.05, 0) is 55.2 Å². The van der Waals surface area contributed by atoms with E-state index in [1.165, 1.54) is 29.2 Å². The summed E-state index contributed by atoms with van der Waals surface area (Å²) in [5.41, 5.74) is -2.77. The number of carbonyl (C=O) groups excluding carboxylic acids is 1. The Labute approximate surface area is 221 Å². The Kier molecular flexibility index (Phi) is 6.53. The number of hydrogen-bond acceptors (Lipinski definition) is 5. The SMILES string of the molecule is N#Cc1nccc(N2C(=O)C3(CCC3)N(c3ccc(OCCc4ccccc4)c(F)c3)C2=S)c1C(F)(F)F. The minimum Gasteiger partial charge on any atom is -0.490 e. The number of anilines is 2. The molecule has 2 heterocycles. The van der Waals surface area contributed by atoms with Crippen LogP contribution in [-0.2, 0) is 17.4 Å². The Morgan fingerprint density at radius 1 is 1.13 bits per heavy atom. The smallest absolute Gasteiger partial charge is 0.421 e. The molecule has 2 aliphatic rings. The number of pyridine rings is 1. The molecule has 0 radical (unpaired) electrons. The second kappa shape index (κ2) is 9.68. The van der Waals surface area contributed by atoms with E-state index in [-0.39, 0.29) is 23.2 Å². The Morgan fingerprint density at radius 2 is 1.87 bits per heavy atom. The van der Waals surface area contributed by atoms with E-state index in [0.717, 1.165) is 22.7 Å². The van der Waals surface area contributed by atoms with Crippen molar-refractivity contribution in [1.29, 1.82) is 5.26 Å². The second-order valence-corrected chi connectivity index (χ2v) is 9.37. The van der Waals surface area contributed by atoms with E-state index in [4.69, 9.17) is 17.0 Å². The lowest BCUT2D eigenvalue weighted by atomic mass is 9.75. The standard InChI is InChI=1S/C27H20F4N4O2S/c28-19-15-18(7-8-22(19)37-14-10-17-5-2-1-3-6-17)35-25(38)34(24(36)26(35)11-4-12-26)21-9-13-33-20(16-32)23(21)27(29,30)31/h1-3,5-9,13,15H,4,10-12,14H2. The summed E-state index contributed by atoms with van der Waals surface area (Å²) in [7, 11) is 0. The van der Waals surface area contributed by atoms with Crippen molar-refractivity contribution in [2.75, 3.05) is 16.4 Å². The molecular formula is C27H20F4N4O2S. The van der Waals surface area contributed by atoms with E-state index in [2.05, 4.69) is 4.98 Å². The number of hydrogen-bond donors (Lipinski definition) is 0. The Hall–Kier alpha value is -4.04. The molecule has 1 spiro atoms. The van der Waals surface area contributed by atoms with Crippen LogP contribution >= 0.6 is 12.2 Å². The molecule has 0 bridgehead atoms. The van der Waals surface area contributed by atoms with Gasteiger partial charge in [0.2, 0.25) is 0 Å². The van der Waals surface area contributed by atoms with Crippen molar-refractivity contribution < 1.29 is 27.1 Å². The predicted molar refractivity (Wildman–Crippen MR) is 135 cm³/mol. The van der Waals surface area contributed by atoms with Gasteiger partial charge in [0.15, 0.2) is 22.4 Å². The molecular weight excluding hydrogens is 520 g/mol. The van der Waals surface area contributed by atoms with Crippen LogP contribution in [0.2, 0.25) is 0 Å². The molecule has 0 N–H and O–H groups in total. The summed E-state index contributed by atoms with van der Waals surface area (Å²) in [5.74, 6) is -1.34. The maximum Gasteiger partial charge on any atom is 0.421 e. The highest BCUT2D eigenvalue weighted by atomic mass is 32.1. The Morgan fingerprint density at radius 3 is 2.47 bits per heavy atom. The first-order valence-electron chi connectivity index (χ1n) is 11.8. The molecule has 0 unspecified atom stereocenters. The number of alkyl halides is 3. The highest BCUT2D eigenvalue weighted by Crippen LogP contribution is 2.50. The van der Waals surface area contributed by atoms with Gasteiger partial charge in [-0.15, -0.1) is 0 Å². The van der Waals surface area contributed by atoms with Crippen molar-refractivity contribution in [2.45, 2.75) is 37.4 Å². The third kappa shape index (κ3) is 4.24. The zero-order valence-electron chi connectivity index (χ0n) is 19.8. The molecule has 11 heteroatoms. The van der Waals surface area contributed by atoms with Crippen molar-refractivity contribution >= 4 is 34.6 Å². The zero-order valence-corrected chi connectivity index (χ0v) is 20.7. The molecule has 6 nitrogen and oxygen atoms in total. The van der Waals surface area contributed by atoms with Gasteiger partial charge in [0.1, 0.15) is 17.2 Å². The molecule has 3 aromatic rings. The number of halogens is 4. The first-order chi connectivity index (χ1) is 18.2. The van der Waals surface area contributed by atoms with Crippen LogP contribution in [0.1, 0.15) is 36.1 Å². The van der Waals surface area contributed by atoms with Crippen molar-refractivity contribution in [3.05, 3.63) is 83.4 Å². The van der Waals surface area contributed by atoms with E-state index in [1.807, 2.05) is 30.3 Å². The zero-order chi connectivity index (χ0) is 27.1. The highest BCUT2D eigenvalue weighted by molar-refractivity contribution is 7.81. The Bertz CT molecular complexity index is 1450. The van der Waals surface area contributed by atoms with Crippen LogP contribution in [0.5, 0.6) is 5.75 Å². The van der Waals surface area contributed by atoms with Crippen LogP contribution in [0.4, 0.5) is 28.9 Å². The van der Waals surface area contributed by atoms with Gasteiger partial charge in [0.05, 0.1) is 12.3 Å². The molecule has 2 fully saturated rings. The highest BCUT2D eigenvalue weighted by Gasteiger charge is 2.60. The van der Waals surface area contributed by atoms with Crippen LogP contribution in [0.15, 0.2) is 60.8 Å². The molecule has 38 heavy (non-hydrogen) atoms. The second-order valence-electron chi connectivity index (χ2n) is 9.01. The van der Waals surface area contributed by atoms with Gasteiger partial charge in [0, 0.05) is 24.4 Å². The summed E-state index contributed by atoms with van der Waals surface area (Å²) in [4.78, 5) is 19.3. The number of carbonyl (C=O) groups is 1. The number of benzene rings is 2. The topological polar surface area (TPSA) is 69.5 Å². The fourth-order valence-electron chi connectivity index (χ4n) is 4.86. The van der Waals surface area contributed by atoms with E-state index in [9.17, 15) is 23.2 Å². The number of nitrogens with zero attached hydrogens (tertiary/aromatic N) is 4. The minimum absolute atomic E-state index is 0.00721. The molecule has 1 saturated carbocycles. The van der Waals surface area contributed by atoms with Crippen molar-refractivity contribution in [1.82, 2.24) is 4.98 Å². The first kappa shape index (κ1) is 25.6. The maximum absolute atomic E-state index is 15.1. The summed E-state index contributed by atoms with van der Waals surface area (Å²) < 4.78 is 62.6. The van der Waals surface area contributed by atoms with Crippen LogP contribution in [0, 0.1) is 17.1 Å². The molecule has 2 aromatic carbocycles. The van der Waals surface area contributed by atoms with Gasteiger partial charge in [-0.2, -0.15) is 18.4 Å². The Balaban J connectivity index is 1.46. The summed E-state index contributed by atoms with van der Waals surface area (Å²) in [6.45, 7) is 0.238.